The number of hydrogen-bond acceptors (Lipinski definition) is 5. The van der Waals surface area contributed by atoms with Gasteiger partial charge in [-0.25, -0.2) is 21.6 Å². The van der Waals surface area contributed by atoms with Gasteiger partial charge in [0.05, 0.1) is 23.9 Å². The Balaban J connectivity index is 3.29. The molecule has 0 heterocycles. The Morgan fingerprint density at radius 1 is 1.15 bits per heavy atom. The average Bonchev–Trinajstić information content (AvgIpc) is 2.25. The summed E-state index contributed by atoms with van der Waals surface area (Å²) in [5.41, 5.74) is 0.0710. The molecule has 0 aliphatic rings. The average molecular weight is 322 g/mol. The fraction of sp³-hybridized carbons (Fsp3) is 0.455. The van der Waals surface area contributed by atoms with Crippen LogP contribution in [0, 0.1) is 0 Å². The van der Waals surface area contributed by atoms with Crippen LogP contribution in [0.5, 0.6) is 5.75 Å². The molecular formula is C11H18N2O5S2. The molecule has 114 valence electrons. The van der Waals surface area contributed by atoms with Crippen molar-refractivity contribution in [2.45, 2.75) is 24.8 Å². The van der Waals surface area contributed by atoms with Crippen LogP contribution in [0.3, 0.4) is 0 Å². The van der Waals surface area contributed by atoms with E-state index in [1.807, 2.05) is 0 Å². The smallest absolute Gasteiger partial charge is 0.240 e. The molecule has 1 rings (SSSR count). The monoisotopic (exact) mass is 322 g/mol. The van der Waals surface area contributed by atoms with Crippen molar-refractivity contribution in [2.24, 2.45) is 0 Å². The van der Waals surface area contributed by atoms with E-state index in [1.165, 1.54) is 25.3 Å². The normalized spacial score (nSPS) is 12.4. The molecule has 0 aliphatic heterocycles. The molecule has 0 fully saturated rings. The Labute approximate surface area is 119 Å². The van der Waals surface area contributed by atoms with Gasteiger partial charge in [0.15, 0.2) is 0 Å². The van der Waals surface area contributed by atoms with Gasteiger partial charge in [0.2, 0.25) is 20.0 Å². The van der Waals surface area contributed by atoms with E-state index in [1.54, 1.807) is 13.8 Å². The zero-order valence-corrected chi connectivity index (χ0v) is 13.3. The van der Waals surface area contributed by atoms with Crippen LogP contribution in [0.2, 0.25) is 0 Å². The summed E-state index contributed by atoms with van der Waals surface area (Å²) in [5, 5.41) is 0. The number of rotatable bonds is 6. The van der Waals surface area contributed by atoms with Gasteiger partial charge in [-0.1, -0.05) is 0 Å². The van der Waals surface area contributed by atoms with E-state index >= 15 is 0 Å². The van der Waals surface area contributed by atoms with Crippen molar-refractivity contribution < 1.29 is 21.6 Å². The molecule has 0 bridgehead atoms. The second-order valence-corrected chi connectivity index (χ2v) is 7.97. The predicted octanol–water partition coefficient (Wildman–Crippen LogP) is 0.753. The van der Waals surface area contributed by atoms with Crippen molar-refractivity contribution in [3.8, 4) is 5.75 Å². The molecule has 0 radical (unpaired) electrons. The van der Waals surface area contributed by atoms with Gasteiger partial charge in [-0.05, 0) is 32.0 Å². The maximum atomic E-state index is 12.0. The molecule has 0 spiro atoms. The fourth-order valence-corrected chi connectivity index (χ4v) is 3.35. The van der Waals surface area contributed by atoms with Gasteiger partial charge in [-0.3, -0.25) is 4.72 Å². The third-order valence-corrected chi connectivity index (χ3v) is 4.41. The van der Waals surface area contributed by atoms with Gasteiger partial charge in [0.25, 0.3) is 0 Å². The van der Waals surface area contributed by atoms with Gasteiger partial charge in [0, 0.05) is 6.04 Å². The van der Waals surface area contributed by atoms with Crippen LogP contribution in [-0.4, -0.2) is 36.2 Å². The van der Waals surface area contributed by atoms with Crippen molar-refractivity contribution in [2.75, 3.05) is 18.1 Å². The van der Waals surface area contributed by atoms with E-state index in [0.717, 1.165) is 6.26 Å². The second-order valence-electron chi connectivity index (χ2n) is 4.51. The van der Waals surface area contributed by atoms with Crippen molar-refractivity contribution in [3.05, 3.63) is 18.2 Å². The van der Waals surface area contributed by atoms with Crippen LogP contribution < -0.4 is 14.2 Å². The summed E-state index contributed by atoms with van der Waals surface area (Å²) in [6, 6.07) is 3.68. The summed E-state index contributed by atoms with van der Waals surface area (Å²) in [6.45, 7) is 3.38. The molecule has 2 N–H and O–H groups in total. The van der Waals surface area contributed by atoms with Gasteiger partial charge < -0.3 is 4.74 Å². The van der Waals surface area contributed by atoms with Gasteiger partial charge in [-0.2, -0.15) is 0 Å². The summed E-state index contributed by atoms with van der Waals surface area (Å²) >= 11 is 0. The molecule has 0 aromatic heterocycles. The number of benzene rings is 1. The quantitative estimate of drug-likeness (QED) is 0.805. The van der Waals surface area contributed by atoms with E-state index < -0.39 is 20.0 Å². The first-order chi connectivity index (χ1) is 9.05. The first-order valence-electron chi connectivity index (χ1n) is 5.73. The largest absolute Gasteiger partial charge is 0.495 e. The third-order valence-electron chi connectivity index (χ3n) is 2.17. The number of anilines is 1. The maximum absolute atomic E-state index is 12.0. The van der Waals surface area contributed by atoms with Crippen LogP contribution >= 0.6 is 0 Å². The standard InChI is InChI=1S/C11H18N2O5S2/c1-8(2)12-20(16,17)9-5-6-11(18-3)10(7-9)13-19(4,14)15/h5-8,12-13H,1-4H3. The highest BCUT2D eigenvalue weighted by atomic mass is 32.2. The van der Waals surface area contributed by atoms with Gasteiger partial charge in [0.1, 0.15) is 5.75 Å². The van der Waals surface area contributed by atoms with Gasteiger partial charge in [-0.15, -0.1) is 0 Å². The Morgan fingerprint density at radius 3 is 2.20 bits per heavy atom. The summed E-state index contributed by atoms with van der Waals surface area (Å²) in [5.74, 6) is 0.235. The Morgan fingerprint density at radius 2 is 1.75 bits per heavy atom. The first kappa shape index (κ1) is 16.7. The SMILES string of the molecule is COc1ccc(S(=O)(=O)NC(C)C)cc1NS(C)(=O)=O. The molecule has 0 aliphatic carbocycles. The van der Waals surface area contributed by atoms with E-state index in [-0.39, 0.29) is 22.4 Å². The highest BCUT2D eigenvalue weighted by Gasteiger charge is 2.18. The Hall–Kier alpha value is -1.32. The van der Waals surface area contributed by atoms with Crippen LogP contribution in [0.15, 0.2) is 23.1 Å². The van der Waals surface area contributed by atoms with Crippen LogP contribution in [-0.2, 0) is 20.0 Å². The summed E-state index contributed by atoms with van der Waals surface area (Å²) < 4.78 is 56.2. The van der Waals surface area contributed by atoms with E-state index in [0.29, 0.717) is 0 Å². The van der Waals surface area contributed by atoms with Crippen molar-refractivity contribution >= 4 is 25.7 Å². The molecule has 7 nitrogen and oxygen atoms in total. The lowest BCUT2D eigenvalue weighted by molar-refractivity contribution is 0.416. The molecule has 0 amide bonds. The Bertz CT molecular complexity index is 681. The summed E-state index contributed by atoms with van der Waals surface area (Å²) in [6.07, 6.45) is 0.972. The number of methoxy groups -OCH3 is 1. The first-order valence-corrected chi connectivity index (χ1v) is 9.11. The second kappa shape index (κ2) is 5.98. The number of hydrogen-bond donors (Lipinski definition) is 2. The zero-order chi connectivity index (χ0) is 15.6. The van der Waals surface area contributed by atoms with Crippen molar-refractivity contribution in [1.82, 2.24) is 4.72 Å². The topological polar surface area (TPSA) is 102 Å². The minimum Gasteiger partial charge on any atom is -0.495 e. The number of nitrogens with one attached hydrogen (secondary N) is 2. The minimum absolute atomic E-state index is 0.0434. The lowest BCUT2D eigenvalue weighted by Crippen LogP contribution is -2.30. The van der Waals surface area contributed by atoms with Crippen LogP contribution in [0.4, 0.5) is 5.69 Å². The molecule has 1 aromatic carbocycles. The van der Waals surface area contributed by atoms with Crippen LogP contribution in [0.25, 0.3) is 0 Å². The molecule has 0 saturated heterocycles. The fourth-order valence-electron chi connectivity index (χ4n) is 1.51. The molecule has 9 heteroatoms. The highest BCUT2D eigenvalue weighted by Crippen LogP contribution is 2.28. The molecule has 0 saturated carbocycles. The summed E-state index contributed by atoms with van der Waals surface area (Å²) in [4.78, 5) is -0.0434. The lowest BCUT2D eigenvalue weighted by atomic mass is 10.3. The van der Waals surface area contributed by atoms with Crippen molar-refractivity contribution in [3.63, 3.8) is 0 Å². The molecule has 20 heavy (non-hydrogen) atoms. The third kappa shape index (κ3) is 4.66. The number of sulfonamides is 2. The lowest BCUT2D eigenvalue weighted by Gasteiger charge is -2.13. The minimum atomic E-state index is -3.70. The van der Waals surface area contributed by atoms with Crippen LogP contribution in [0.1, 0.15) is 13.8 Å². The van der Waals surface area contributed by atoms with E-state index in [4.69, 9.17) is 4.74 Å². The Kier molecular flexibility index (Phi) is 5.00. The molecule has 0 unspecified atom stereocenters. The molecular weight excluding hydrogens is 304 g/mol. The maximum Gasteiger partial charge on any atom is 0.240 e. The highest BCUT2D eigenvalue weighted by molar-refractivity contribution is 7.92. The number of ether oxygens (including phenoxy) is 1. The molecule has 1 aromatic rings. The van der Waals surface area contributed by atoms with E-state index in [2.05, 4.69) is 9.44 Å². The van der Waals surface area contributed by atoms with Crippen molar-refractivity contribution in [1.29, 1.82) is 0 Å². The summed E-state index contributed by atoms with van der Waals surface area (Å²) in [7, 11) is -5.88. The predicted molar refractivity (Wildman–Crippen MR) is 76.9 cm³/mol. The van der Waals surface area contributed by atoms with E-state index in [9.17, 15) is 16.8 Å². The molecule has 0 atom stereocenters. The zero-order valence-electron chi connectivity index (χ0n) is 11.7. The van der Waals surface area contributed by atoms with Gasteiger partial charge >= 0.3 is 0 Å².